The van der Waals surface area contributed by atoms with Crippen molar-refractivity contribution in [3.63, 3.8) is 0 Å². The van der Waals surface area contributed by atoms with Crippen molar-refractivity contribution in [1.82, 2.24) is 0 Å². The van der Waals surface area contributed by atoms with Crippen LogP contribution in [0.15, 0.2) is 83.0 Å². The maximum Gasteiger partial charge on any atom is 0.279 e. The van der Waals surface area contributed by atoms with Gasteiger partial charge in [-0.25, -0.2) is 0 Å². The highest BCUT2D eigenvalue weighted by Gasteiger charge is 2.35. The molecule has 0 fully saturated rings. The summed E-state index contributed by atoms with van der Waals surface area (Å²) in [4.78, 5) is 26.9. The van der Waals surface area contributed by atoms with Crippen molar-refractivity contribution in [2.24, 2.45) is 10.2 Å². The van der Waals surface area contributed by atoms with Crippen LogP contribution in [0.3, 0.4) is 0 Å². The van der Waals surface area contributed by atoms with Crippen molar-refractivity contribution < 1.29 is 14.7 Å². The highest BCUT2D eigenvalue weighted by molar-refractivity contribution is 6.54. The van der Waals surface area contributed by atoms with Gasteiger partial charge in [-0.2, -0.15) is 5.10 Å². The van der Waals surface area contributed by atoms with E-state index in [0.29, 0.717) is 22.5 Å². The van der Waals surface area contributed by atoms with Crippen LogP contribution in [0.4, 0.5) is 11.4 Å². The maximum absolute atomic E-state index is 13.0. The standard InChI is InChI=1S/C24H20N4O3/c1-16-10-12-18(13-11-16)26-22(30)15-28-20-8-4-3-7-19(20)23(24(28)31)27-25-14-17-6-2-5-9-21(17)29/h2-14,29H,15H2,1H3,(H,26,30). The molecule has 154 valence electrons. The molecular weight excluding hydrogens is 392 g/mol. The molecule has 2 N–H and O–H groups in total. The minimum absolute atomic E-state index is 0.0685. The first-order valence-corrected chi connectivity index (χ1v) is 9.70. The Hall–Kier alpha value is -4.26. The van der Waals surface area contributed by atoms with Crippen LogP contribution in [-0.2, 0) is 9.59 Å². The van der Waals surface area contributed by atoms with Crippen molar-refractivity contribution in [2.75, 3.05) is 16.8 Å². The predicted molar refractivity (Wildman–Crippen MR) is 121 cm³/mol. The number of amides is 2. The van der Waals surface area contributed by atoms with E-state index in [2.05, 4.69) is 15.5 Å². The van der Waals surface area contributed by atoms with E-state index in [4.69, 9.17) is 0 Å². The third kappa shape index (κ3) is 4.35. The summed E-state index contributed by atoms with van der Waals surface area (Å²) in [6.07, 6.45) is 1.38. The van der Waals surface area contributed by atoms with Gasteiger partial charge in [-0.05, 0) is 37.3 Å². The van der Waals surface area contributed by atoms with Gasteiger partial charge in [0.2, 0.25) is 5.91 Å². The Bertz CT molecular complexity index is 1200. The van der Waals surface area contributed by atoms with E-state index in [9.17, 15) is 14.7 Å². The first kappa shape index (κ1) is 20.0. The van der Waals surface area contributed by atoms with Gasteiger partial charge in [0.1, 0.15) is 12.3 Å². The number of hydrogen-bond acceptors (Lipinski definition) is 5. The van der Waals surface area contributed by atoms with Crippen molar-refractivity contribution >= 4 is 35.1 Å². The van der Waals surface area contributed by atoms with Gasteiger partial charge >= 0.3 is 0 Å². The molecule has 0 unspecified atom stereocenters. The van der Waals surface area contributed by atoms with E-state index >= 15 is 0 Å². The van der Waals surface area contributed by atoms with E-state index in [1.165, 1.54) is 11.1 Å². The summed E-state index contributed by atoms with van der Waals surface area (Å²) in [6, 6.07) is 21.2. The number of nitrogens with one attached hydrogen (secondary N) is 1. The minimum Gasteiger partial charge on any atom is -0.507 e. The molecule has 0 bridgehead atoms. The van der Waals surface area contributed by atoms with Crippen LogP contribution >= 0.6 is 0 Å². The van der Waals surface area contributed by atoms with E-state index in [1.807, 2.05) is 31.2 Å². The number of hydrogen-bond donors (Lipinski definition) is 2. The number of carbonyl (C=O) groups excluding carboxylic acids is 2. The second-order valence-electron chi connectivity index (χ2n) is 7.07. The topological polar surface area (TPSA) is 94.4 Å². The Kier molecular flexibility index (Phi) is 5.57. The molecule has 3 aromatic carbocycles. The fourth-order valence-electron chi connectivity index (χ4n) is 3.24. The molecule has 0 spiro atoms. The van der Waals surface area contributed by atoms with Gasteiger partial charge in [-0.15, -0.1) is 5.10 Å². The summed E-state index contributed by atoms with van der Waals surface area (Å²) in [5.41, 5.74) is 3.59. The monoisotopic (exact) mass is 412 g/mol. The van der Waals surface area contributed by atoms with Crippen LogP contribution in [0.1, 0.15) is 16.7 Å². The number of fused-ring (bicyclic) bond motifs is 1. The minimum atomic E-state index is -0.408. The summed E-state index contributed by atoms with van der Waals surface area (Å²) in [7, 11) is 0. The summed E-state index contributed by atoms with van der Waals surface area (Å²) in [5, 5.41) is 20.7. The first-order valence-electron chi connectivity index (χ1n) is 9.70. The highest BCUT2D eigenvalue weighted by atomic mass is 16.3. The summed E-state index contributed by atoms with van der Waals surface area (Å²) >= 11 is 0. The highest BCUT2D eigenvalue weighted by Crippen LogP contribution is 2.29. The number of aromatic hydroxyl groups is 1. The molecule has 3 aromatic rings. The van der Waals surface area contributed by atoms with Gasteiger partial charge in [-0.1, -0.05) is 48.0 Å². The van der Waals surface area contributed by atoms with Gasteiger partial charge in [0.05, 0.1) is 11.9 Å². The average Bonchev–Trinajstić information content (AvgIpc) is 3.02. The van der Waals surface area contributed by atoms with E-state index < -0.39 is 5.91 Å². The quantitative estimate of drug-likeness (QED) is 0.496. The van der Waals surface area contributed by atoms with Crippen LogP contribution in [0, 0.1) is 6.92 Å². The molecule has 1 aliphatic rings. The lowest BCUT2D eigenvalue weighted by Gasteiger charge is -2.16. The number of aryl methyl sites for hydroxylation is 1. The van der Waals surface area contributed by atoms with Crippen molar-refractivity contribution in [1.29, 1.82) is 0 Å². The molecule has 0 atom stereocenters. The number of nitrogens with zero attached hydrogens (tertiary/aromatic N) is 3. The third-order valence-electron chi connectivity index (χ3n) is 4.83. The lowest BCUT2D eigenvalue weighted by atomic mass is 10.1. The van der Waals surface area contributed by atoms with Gasteiger partial charge in [0.25, 0.3) is 5.91 Å². The van der Waals surface area contributed by atoms with E-state index in [0.717, 1.165) is 5.56 Å². The van der Waals surface area contributed by atoms with Gasteiger partial charge < -0.3 is 10.4 Å². The summed E-state index contributed by atoms with van der Waals surface area (Å²) < 4.78 is 0. The Morgan fingerprint density at radius 3 is 2.52 bits per heavy atom. The summed E-state index contributed by atoms with van der Waals surface area (Å²) in [6.45, 7) is 1.82. The molecule has 0 saturated carbocycles. The number of benzene rings is 3. The number of phenolic OH excluding ortho intramolecular Hbond substituents is 1. The van der Waals surface area contributed by atoms with Gasteiger partial charge in [-0.3, -0.25) is 14.5 Å². The largest absolute Gasteiger partial charge is 0.507 e. The molecule has 0 radical (unpaired) electrons. The SMILES string of the molecule is Cc1ccc(NC(=O)CN2C(=O)C(=NN=Cc3ccccc3O)c3ccccc32)cc1. The molecule has 0 saturated heterocycles. The van der Waals surface area contributed by atoms with Crippen molar-refractivity contribution in [3.05, 3.63) is 89.5 Å². The lowest BCUT2D eigenvalue weighted by Crippen LogP contribution is -2.37. The molecule has 7 heteroatoms. The number of anilines is 2. The molecule has 4 rings (SSSR count). The Labute approximate surface area is 179 Å². The Morgan fingerprint density at radius 1 is 1.03 bits per heavy atom. The number of phenols is 1. The zero-order valence-corrected chi connectivity index (χ0v) is 16.8. The fourth-order valence-corrected chi connectivity index (χ4v) is 3.24. The van der Waals surface area contributed by atoms with Crippen LogP contribution in [0.25, 0.3) is 0 Å². The smallest absolute Gasteiger partial charge is 0.279 e. The van der Waals surface area contributed by atoms with Crippen LogP contribution < -0.4 is 10.2 Å². The normalized spacial score (nSPS) is 14.3. The zero-order chi connectivity index (χ0) is 21.8. The first-order chi connectivity index (χ1) is 15.0. The molecule has 31 heavy (non-hydrogen) atoms. The number of para-hydroxylation sites is 2. The van der Waals surface area contributed by atoms with Gasteiger partial charge in [0.15, 0.2) is 5.71 Å². The van der Waals surface area contributed by atoms with E-state index in [-0.39, 0.29) is 23.9 Å². The van der Waals surface area contributed by atoms with Crippen LogP contribution in [0.5, 0.6) is 5.75 Å². The Morgan fingerprint density at radius 2 is 1.74 bits per heavy atom. The van der Waals surface area contributed by atoms with Crippen LogP contribution in [0.2, 0.25) is 0 Å². The van der Waals surface area contributed by atoms with Crippen LogP contribution in [-0.4, -0.2) is 35.4 Å². The Balaban J connectivity index is 1.55. The molecule has 1 heterocycles. The summed E-state index contributed by atoms with van der Waals surface area (Å²) in [5.74, 6) is -0.653. The van der Waals surface area contributed by atoms with Gasteiger partial charge in [0, 0.05) is 16.8 Å². The van der Waals surface area contributed by atoms with E-state index in [1.54, 1.807) is 48.5 Å². The number of rotatable bonds is 5. The molecule has 0 aromatic heterocycles. The third-order valence-corrected chi connectivity index (χ3v) is 4.83. The average molecular weight is 412 g/mol. The zero-order valence-electron chi connectivity index (χ0n) is 16.8. The second kappa shape index (κ2) is 8.62. The number of carbonyl (C=O) groups is 2. The second-order valence-corrected chi connectivity index (χ2v) is 7.07. The predicted octanol–water partition coefficient (Wildman–Crippen LogP) is 3.51. The fraction of sp³-hybridized carbons (Fsp3) is 0.0833. The maximum atomic E-state index is 13.0. The molecule has 2 amide bonds. The van der Waals surface area contributed by atoms with Crippen molar-refractivity contribution in [3.8, 4) is 5.75 Å². The van der Waals surface area contributed by atoms with Crippen molar-refractivity contribution in [2.45, 2.75) is 6.92 Å². The lowest BCUT2D eigenvalue weighted by molar-refractivity contribution is -0.118. The molecule has 7 nitrogen and oxygen atoms in total. The molecular formula is C24H20N4O3. The molecule has 1 aliphatic heterocycles. The molecule has 0 aliphatic carbocycles.